The van der Waals surface area contributed by atoms with E-state index in [1.807, 2.05) is 0 Å². The molecule has 1 saturated heterocycles. The number of carbonyl (C=O) groups is 1. The number of carbonyl (C=O) groups excluding carboxylic acids is 1. The number of hydrogen-bond acceptors (Lipinski definition) is 9. The molecule has 1 fully saturated rings. The van der Waals surface area contributed by atoms with E-state index in [-0.39, 0.29) is 24.9 Å². The zero-order valence-corrected chi connectivity index (χ0v) is 16.3. The number of hydrogen-bond donors (Lipinski definition) is 0. The molecular weight excluding hydrogens is 421 g/mol. The van der Waals surface area contributed by atoms with Crippen molar-refractivity contribution in [1.29, 1.82) is 0 Å². The van der Waals surface area contributed by atoms with E-state index in [0.717, 1.165) is 4.90 Å². The average Bonchev–Trinajstić information content (AvgIpc) is 3.48. The number of rotatable bonds is 6. The standard InChI is InChI=1S/C18H17F3N6O4/c1-11-23-13(30-25-11)8-29-9-14(28)27-7-4-17(10-27,18(19,20)21)16-24-15(26-31-16)12-2-5-22-6-3-12/h2-3,5-6H,4,7-10H2,1H3. The van der Waals surface area contributed by atoms with Crippen LogP contribution in [0.2, 0.25) is 0 Å². The fourth-order valence-corrected chi connectivity index (χ4v) is 3.30. The van der Waals surface area contributed by atoms with Gasteiger partial charge >= 0.3 is 6.18 Å². The second-order valence-electron chi connectivity index (χ2n) is 7.03. The van der Waals surface area contributed by atoms with E-state index in [4.69, 9.17) is 13.8 Å². The van der Waals surface area contributed by atoms with Gasteiger partial charge in [0.2, 0.25) is 17.6 Å². The largest absolute Gasteiger partial charge is 0.405 e. The van der Waals surface area contributed by atoms with Crippen LogP contribution in [0.15, 0.2) is 33.6 Å². The molecule has 3 aromatic heterocycles. The summed E-state index contributed by atoms with van der Waals surface area (Å²) in [5.41, 5.74) is -1.98. The van der Waals surface area contributed by atoms with Crippen LogP contribution < -0.4 is 0 Å². The lowest BCUT2D eigenvalue weighted by Gasteiger charge is -2.27. The van der Waals surface area contributed by atoms with Crippen molar-refractivity contribution in [3.05, 3.63) is 42.1 Å². The first-order valence-electron chi connectivity index (χ1n) is 9.24. The van der Waals surface area contributed by atoms with Gasteiger partial charge in [0, 0.05) is 31.0 Å². The third-order valence-electron chi connectivity index (χ3n) is 4.96. The average molecular weight is 438 g/mol. The van der Waals surface area contributed by atoms with Crippen LogP contribution in [-0.4, -0.2) is 61.9 Å². The second kappa shape index (κ2) is 8.06. The third kappa shape index (κ3) is 4.13. The maximum Gasteiger partial charge on any atom is 0.405 e. The number of aromatic nitrogens is 5. The molecule has 0 saturated carbocycles. The van der Waals surface area contributed by atoms with Crippen molar-refractivity contribution < 1.29 is 31.7 Å². The number of likely N-dealkylation sites (tertiary alicyclic amines) is 1. The van der Waals surface area contributed by atoms with Gasteiger partial charge in [-0.1, -0.05) is 10.3 Å². The maximum atomic E-state index is 14.1. The van der Waals surface area contributed by atoms with Gasteiger partial charge in [-0.2, -0.15) is 23.1 Å². The Kier molecular flexibility index (Phi) is 5.43. The molecule has 0 aliphatic carbocycles. The Morgan fingerprint density at radius 3 is 2.68 bits per heavy atom. The highest BCUT2D eigenvalue weighted by Gasteiger charge is 2.63. The highest BCUT2D eigenvalue weighted by atomic mass is 19.4. The molecule has 3 aromatic rings. The molecule has 0 radical (unpaired) electrons. The van der Waals surface area contributed by atoms with Crippen molar-refractivity contribution in [2.75, 3.05) is 19.7 Å². The summed E-state index contributed by atoms with van der Waals surface area (Å²) in [6.07, 6.45) is -2.16. The van der Waals surface area contributed by atoms with Crippen LogP contribution in [0, 0.1) is 6.92 Å². The summed E-state index contributed by atoms with van der Waals surface area (Å²) >= 11 is 0. The van der Waals surface area contributed by atoms with Crippen LogP contribution >= 0.6 is 0 Å². The number of alkyl halides is 3. The smallest absolute Gasteiger partial charge is 0.362 e. The van der Waals surface area contributed by atoms with Crippen molar-refractivity contribution >= 4 is 5.91 Å². The molecule has 1 amide bonds. The first-order chi connectivity index (χ1) is 14.8. The molecule has 164 valence electrons. The van der Waals surface area contributed by atoms with Crippen LogP contribution in [0.5, 0.6) is 0 Å². The van der Waals surface area contributed by atoms with Gasteiger partial charge in [-0.25, -0.2) is 0 Å². The van der Waals surface area contributed by atoms with Gasteiger partial charge in [-0.05, 0) is 25.5 Å². The van der Waals surface area contributed by atoms with Crippen LogP contribution in [0.1, 0.15) is 24.0 Å². The van der Waals surface area contributed by atoms with Crippen LogP contribution in [0.4, 0.5) is 13.2 Å². The van der Waals surface area contributed by atoms with Gasteiger partial charge in [0.25, 0.3) is 5.89 Å². The Morgan fingerprint density at radius 2 is 2.00 bits per heavy atom. The van der Waals surface area contributed by atoms with Crippen molar-refractivity contribution in [3.63, 3.8) is 0 Å². The van der Waals surface area contributed by atoms with Crippen molar-refractivity contribution in [1.82, 2.24) is 30.2 Å². The molecule has 0 aromatic carbocycles. The van der Waals surface area contributed by atoms with E-state index in [9.17, 15) is 18.0 Å². The molecular formula is C18H17F3N6O4. The van der Waals surface area contributed by atoms with Gasteiger partial charge < -0.3 is 18.7 Å². The molecule has 4 rings (SSSR count). The minimum atomic E-state index is -4.70. The quantitative estimate of drug-likeness (QED) is 0.569. The van der Waals surface area contributed by atoms with Crippen LogP contribution in [-0.2, 0) is 21.6 Å². The van der Waals surface area contributed by atoms with E-state index in [1.165, 1.54) is 12.4 Å². The fraction of sp³-hybridized carbons (Fsp3) is 0.444. The Bertz CT molecular complexity index is 1050. The maximum absolute atomic E-state index is 14.1. The number of nitrogens with zero attached hydrogens (tertiary/aromatic N) is 6. The predicted molar refractivity (Wildman–Crippen MR) is 95.2 cm³/mol. The Hall–Kier alpha value is -3.35. The van der Waals surface area contributed by atoms with Gasteiger partial charge in [0.15, 0.2) is 11.2 Å². The summed E-state index contributed by atoms with van der Waals surface area (Å²) in [7, 11) is 0. The molecule has 1 aliphatic rings. The highest BCUT2D eigenvalue weighted by Crippen LogP contribution is 2.47. The SMILES string of the molecule is Cc1noc(COCC(=O)N2CCC(c3nc(-c4ccncc4)no3)(C(F)(F)F)C2)n1. The normalized spacial score (nSPS) is 19.2. The minimum Gasteiger partial charge on any atom is -0.362 e. The first-order valence-corrected chi connectivity index (χ1v) is 9.24. The number of amides is 1. The van der Waals surface area contributed by atoms with Gasteiger partial charge in [-0.15, -0.1) is 0 Å². The van der Waals surface area contributed by atoms with E-state index in [0.29, 0.717) is 11.4 Å². The molecule has 0 N–H and O–H groups in total. The lowest BCUT2D eigenvalue weighted by atomic mass is 9.86. The lowest BCUT2D eigenvalue weighted by molar-refractivity contribution is -0.194. The van der Waals surface area contributed by atoms with E-state index in [1.54, 1.807) is 19.1 Å². The monoisotopic (exact) mass is 438 g/mol. The first kappa shape index (κ1) is 20.9. The molecule has 4 heterocycles. The van der Waals surface area contributed by atoms with Crippen molar-refractivity contribution in [2.24, 2.45) is 0 Å². The Labute approximate surface area is 173 Å². The Morgan fingerprint density at radius 1 is 1.23 bits per heavy atom. The van der Waals surface area contributed by atoms with E-state index in [2.05, 4.69) is 25.3 Å². The van der Waals surface area contributed by atoms with Crippen molar-refractivity contribution in [3.8, 4) is 11.4 Å². The minimum absolute atomic E-state index is 0.0176. The summed E-state index contributed by atoms with van der Waals surface area (Å²) in [4.78, 5) is 25.2. The molecule has 10 nitrogen and oxygen atoms in total. The number of halogens is 3. The van der Waals surface area contributed by atoms with Gasteiger partial charge in [0.05, 0.1) is 0 Å². The van der Waals surface area contributed by atoms with Crippen LogP contribution in [0.3, 0.4) is 0 Å². The van der Waals surface area contributed by atoms with E-state index < -0.39 is 43.0 Å². The molecule has 13 heteroatoms. The van der Waals surface area contributed by atoms with Crippen LogP contribution in [0.25, 0.3) is 11.4 Å². The Balaban J connectivity index is 1.47. The molecule has 1 aliphatic heterocycles. The second-order valence-corrected chi connectivity index (χ2v) is 7.03. The number of ether oxygens (including phenoxy) is 1. The molecule has 1 atom stereocenters. The summed E-state index contributed by atoms with van der Waals surface area (Å²) in [5.74, 6) is -0.583. The van der Waals surface area contributed by atoms with Gasteiger partial charge in [-0.3, -0.25) is 9.78 Å². The fourth-order valence-electron chi connectivity index (χ4n) is 3.30. The molecule has 1 unspecified atom stereocenters. The van der Waals surface area contributed by atoms with Crippen molar-refractivity contribution in [2.45, 2.75) is 31.5 Å². The zero-order valence-electron chi connectivity index (χ0n) is 16.3. The summed E-state index contributed by atoms with van der Waals surface area (Å²) in [6.45, 7) is 0.298. The topological polar surface area (TPSA) is 120 Å². The number of pyridine rings is 1. The molecule has 31 heavy (non-hydrogen) atoms. The summed E-state index contributed by atoms with van der Waals surface area (Å²) in [6, 6.07) is 3.11. The lowest BCUT2D eigenvalue weighted by Crippen LogP contribution is -2.46. The predicted octanol–water partition coefficient (Wildman–Crippen LogP) is 2.07. The summed E-state index contributed by atoms with van der Waals surface area (Å²) < 4.78 is 57.3. The molecule has 0 bridgehead atoms. The zero-order chi connectivity index (χ0) is 22.1. The number of aryl methyl sites for hydroxylation is 1. The van der Waals surface area contributed by atoms with Gasteiger partial charge in [0.1, 0.15) is 13.2 Å². The molecule has 0 spiro atoms. The van der Waals surface area contributed by atoms with E-state index >= 15 is 0 Å². The highest BCUT2D eigenvalue weighted by molar-refractivity contribution is 5.78. The summed E-state index contributed by atoms with van der Waals surface area (Å²) in [5, 5.41) is 7.26. The third-order valence-corrected chi connectivity index (χ3v) is 4.96.